The molecule has 2 aromatic heterocycles. The topological polar surface area (TPSA) is 73.3 Å². The molecule has 130 valence electrons. The van der Waals surface area contributed by atoms with Crippen LogP contribution in [-0.4, -0.2) is 16.8 Å². The van der Waals surface area contributed by atoms with Gasteiger partial charge in [-0.15, -0.1) is 5.10 Å². The first-order valence-corrected chi connectivity index (χ1v) is 7.92. The Morgan fingerprint density at radius 1 is 1.12 bits per heavy atom. The van der Waals surface area contributed by atoms with Crippen molar-refractivity contribution < 1.29 is 22.4 Å². The largest absolute Gasteiger partial charge is 0.459 e. The number of halogens is 2. The summed E-state index contributed by atoms with van der Waals surface area (Å²) in [7, 11) is 0. The van der Waals surface area contributed by atoms with Gasteiger partial charge in [-0.05, 0) is 37.1 Å². The minimum atomic E-state index is -0.936. The van der Waals surface area contributed by atoms with Gasteiger partial charge in [-0.1, -0.05) is 11.2 Å². The maximum atomic E-state index is 13.8. The molecule has 3 heterocycles. The number of nitrogens with one attached hydrogen (secondary N) is 1. The molecule has 0 bridgehead atoms. The van der Waals surface area contributed by atoms with Crippen molar-refractivity contribution in [3.8, 4) is 11.3 Å². The van der Waals surface area contributed by atoms with Gasteiger partial charge in [-0.2, -0.15) is 0 Å². The second-order valence-electron chi connectivity index (χ2n) is 5.67. The highest BCUT2D eigenvalue weighted by molar-refractivity contribution is 5.58. The van der Waals surface area contributed by atoms with Crippen LogP contribution in [0.3, 0.4) is 0 Å². The Labute approximate surface area is 141 Å². The zero-order chi connectivity index (χ0) is 17.2. The van der Waals surface area contributed by atoms with Crippen LogP contribution in [0.2, 0.25) is 0 Å². The quantitative estimate of drug-likeness (QED) is 0.750. The first-order valence-electron chi connectivity index (χ1n) is 7.92. The van der Waals surface area contributed by atoms with E-state index in [-0.39, 0.29) is 30.0 Å². The molecule has 25 heavy (non-hydrogen) atoms. The van der Waals surface area contributed by atoms with Gasteiger partial charge < -0.3 is 18.9 Å². The van der Waals surface area contributed by atoms with E-state index < -0.39 is 11.6 Å². The molecule has 6 nitrogen and oxygen atoms in total. The van der Waals surface area contributed by atoms with Crippen molar-refractivity contribution in [2.24, 2.45) is 0 Å². The lowest BCUT2D eigenvalue weighted by Gasteiger charge is -2.02. The minimum absolute atomic E-state index is 0.0738. The Morgan fingerprint density at radius 2 is 2.04 bits per heavy atom. The standard InChI is InChI=1S/C17H15F2N3O3/c18-12-4-1-3-11(15(12)19)13-7-6-10(24-13)9-20-17-22-21-16(25-17)14-5-2-8-23-14/h1,3-4,6-7,14H,2,5,8-9H2,(H,20,22)/t14-/m1/s1. The van der Waals surface area contributed by atoms with Crippen molar-refractivity contribution in [1.82, 2.24) is 10.2 Å². The minimum Gasteiger partial charge on any atom is -0.459 e. The summed E-state index contributed by atoms with van der Waals surface area (Å²) in [6, 6.07) is 7.45. The number of hydrogen-bond acceptors (Lipinski definition) is 6. The number of rotatable bonds is 5. The molecule has 0 amide bonds. The summed E-state index contributed by atoms with van der Waals surface area (Å²) in [5.74, 6) is -0.632. The Hall–Kier alpha value is -2.74. The van der Waals surface area contributed by atoms with Crippen LogP contribution in [0.1, 0.15) is 30.6 Å². The summed E-state index contributed by atoms with van der Waals surface area (Å²) < 4.78 is 43.6. The molecule has 1 aliphatic rings. The Kier molecular flexibility index (Phi) is 4.19. The van der Waals surface area contributed by atoms with Crippen LogP contribution < -0.4 is 5.32 Å². The first kappa shape index (κ1) is 15.8. The van der Waals surface area contributed by atoms with Crippen LogP contribution in [0.5, 0.6) is 0 Å². The van der Waals surface area contributed by atoms with Gasteiger partial charge in [-0.25, -0.2) is 8.78 Å². The number of benzene rings is 1. The highest BCUT2D eigenvalue weighted by atomic mass is 19.2. The van der Waals surface area contributed by atoms with Crippen molar-refractivity contribution in [2.75, 3.05) is 11.9 Å². The average Bonchev–Trinajstić information content (AvgIpc) is 3.36. The van der Waals surface area contributed by atoms with Crippen LogP contribution in [0.4, 0.5) is 14.8 Å². The fraction of sp³-hybridized carbons (Fsp3) is 0.294. The molecular formula is C17H15F2N3O3. The van der Waals surface area contributed by atoms with Crippen molar-refractivity contribution in [1.29, 1.82) is 0 Å². The molecule has 0 spiro atoms. The predicted octanol–water partition coefficient (Wildman–Crippen LogP) is 4.07. The molecule has 1 atom stereocenters. The second kappa shape index (κ2) is 6.64. The predicted molar refractivity (Wildman–Crippen MR) is 83.6 cm³/mol. The van der Waals surface area contributed by atoms with E-state index in [4.69, 9.17) is 13.6 Å². The monoisotopic (exact) mass is 347 g/mol. The lowest BCUT2D eigenvalue weighted by molar-refractivity contribution is 0.0897. The highest BCUT2D eigenvalue weighted by Crippen LogP contribution is 2.29. The summed E-state index contributed by atoms with van der Waals surface area (Å²) in [5, 5.41) is 10.8. The Bertz CT molecular complexity index is 872. The third-order valence-electron chi connectivity index (χ3n) is 3.94. The van der Waals surface area contributed by atoms with Crippen molar-refractivity contribution in [2.45, 2.75) is 25.5 Å². The molecule has 1 aromatic carbocycles. The van der Waals surface area contributed by atoms with Crippen molar-refractivity contribution in [3.63, 3.8) is 0 Å². The Balaban J connectivity index is 1.42. The van der Waals surface area contributed by atoms with E-state index in [1.165, 1.54) is 12.1 Å². The van der Waals surface area contributed by atoms with Gasteiger partial charge >= 0.3 is 6.01 Å². The molecule has 0 saturated carbocycles. The zero-order valence-electron chi connectivity index (χ0n) is 13.2. The van der Waals surface area contributed by atoms with Gasteiger partial charge in [0.25, 0.3) is 0 Å². The number of aromatic nitrogens is 2. The summed E-state index contributed by atoms with van der Waals surface area (Å²) in [4.78, 5) is 0. The first-order chi connectivity index (χ1) is 12.2. The molecule has 4 rings (SSSR count). The highest BCUT2D eigenvalue weighted by Gasteiger charge is 2.23. The fourth-order valence-corrected chi connectivity index (χ4v) is 2.68. The molecule has 0 aliphatic carbocycles. The van der Waals surface area contributed by atoms with Gasteiger partial charge in [0.05, 0.1) is 12.1 Å². The van der Waals surface area contributed by atoms with E-state index in [0.717, 1.165) is 18.9 Å². The molecule has 0 unspecified atom stereocenters. The number of anilines is 1. The van der Waals surface area contributed by atoms with Crippen LogP contribution in [0, 0.1) is 11.6 Å². The number of hydrogen-bond donors (Lipinski definition) is 1. The van der Waals surface area contributed by atoms with Crippen LogP contribution in [0.15, 0.2) is 39.2 Å². The van der Waals surface area contributed by atoms with Crippen molar-refractivity contribution >= 4 is 6.01 Å². The lowest BCUT2D eigenvalue weighted by atomic mass is 10.1. The van der Waals surface area contributed by atoms with Crippen LogP contribution in [-0.2, 0) is 11.3 Å². The zero-order valence-corrected chi connectivity index (χ0v) is 13.2. The van der Waals surface area contributed by atoms with Crippen LogP contribution >= 0.6 is 0 Å². The van der Waals surface area contributed by atoms with Gasteiger partial charge in [0.2, 0.25) is 5.89 Å². The number of ether oxygens (including phenoxy) is 1. The molecule has 1 aliphatic heterocycles. The molecule has 3 aromatic rings. The number of furan rings is 1. The van der Waals surface area contributed by atoms with Gasteiger partial charge in [0, 0.05) is 6.61 Å². The summed E-state index contributed by atoms with van der Waals surface area (Å²) in [6.07, 6.45) is 1.69. The number of nitrogens with zero attached hydrogens (tertiary/aromatic N) is 2. The SMILES string of the molecule is Fc1cccc(-c2ccc(CNc3nnc([C@H]4CCCO4)o3)o2)c1F. The third-order valence-corrected chi connectivity index (χ3v) is 3.94. The average molecular weight is 347 g/mol. The van der Waals surface area contributed by atoms with E-state index in [9.17, 15) is 8.78 Å². The van der Waals surface area contributed by atoms with Gasteiger partial charge in [0.15, 0.2) is 11.6 Å². The Morgan fingerprint density at radius 3 is 2.88 bits per heavy atom. The summed E-state index contributed by atoms with van der Waals surface area (Å²) >= 11 is 0. The van der Waals surface area contributed by atoms with Gasteiger partial charge in [0.1, 0.15) is 17.6 Å². The normalized spacial score (nSPS) is 17.1. The summed E-state index contributed by atoms with van der Waals surface area (Å²) in [5.41, 5.74) is 0.0738. The molecule has 1 saturated heterocycles. The second-order valence-corrected chi connectivity index (χ2v) is 5.67. The third kappa shape index (κ3) is 3.25. The van der Waals surface area contributed by atoms with Gasteiger partial charge in [-0.3, -0.25) is 0 Å². The van der Waals surface area contributed by atoms with E-state index in [2.05, 4.69) is 15.5 Å². The smallest absolute Gasteiger partial charge is 0.315 e. The fourth-order valence-electron chi connectivity index (χ4n) is 2.68. The van der Waals surface area contributed by atoms with E-state index in [0.29, 0.717) is 18.3 Å². The molecule has 1 fully saturated rings. The molecule has 1 N–H and O–H groups in total. The maximum absolute atomic E-state index is 13.8. The molecule has 8 heteroatoms. The van der Waals surface area contributed by atoms with Crippen LogP contribution in [0.25, 0.3) is 11.3 Å². The maximum Gasteiger partial charge on any atom is 0.315 e. The van der Waals surface area contributed by atoms with E-state index in [1.54, 1.807) is 12.1 Å². The van der Waals surface area contributed by atoms with Crippen molar-refractivity contribution in [3.05, 3.63) is 53.6 Å². The molecular weight excluding hydrogens is 332 g/mol. The summed E-state index contributed by atoms with van der Waals surface area (Å²) in [6.45, 7) is 0.964. The van der Waals surface area contributed by atoms with E-state index >= 15 is 0 Å². The lowest BCUT2D eigenvalue weighted by Crippen LogP contribution is -1.98. The van der Waals surface area contributed by atoms with E-state index in [1.807, 2.05) is 0 Å². The molecule has 0 radical (unpaired) electrons.